The van der Waals surface area contributed by atoms with Gasteiger partial charge in [0.25, 0.3) is 0 Å². The minimum absolute atomic E-state index is 0.0258. The van der Waals surface area contributed by atoms with Crippen LogP contribution in [0.3, 0.4) is 0 Å². The molecule has 1 aromatic rings. The zero-order chi connectivity index (χ0) is 13.7. The number of hydrogen-bond acceptors (Lipinski definition) is 3. The number of nitrogens with one attached hydrogen (secondary N) is 1. The van der Waals surface area contributed by atoms with Crippen LogP contribution in [0.15, 0.2) is 23.1 Å². The summed E-state index contributed by atoms with van der Waals surface area (Å²) in [5.41, 5.74) is 7.27. The molecule has 0 heterocycles. The Morgan fingerprint density at radius 1 is 1.37 bits per heavy atom. The molecule has 0 aliphatic heterocycles. The van der Waals surface area contributed by atoms with Crippen LogP contribution >= 0.6 is 11.8 Å². The molecule has 0 bridgehead atoms. The highest BCUT2D eigenvalue weighted by molar-refractivity contribution is 8.00. The average molecular weight is 278 g/mol. The summed E-state index contributed by atoms with van der Waals surface area (Å²) in [4.78, 5) is 12.6. The van der Waals surface area contributed by atoms with Gasteiger partial charge in [-0.2, -0.15) is 0 Å². The summed E-state index contributed by atoms with van der Waals surface area (Å²) in [6.45, 7) is 2.05. The van der Waals surface area contributed by atoms with Crippen LogP contribution in [0.2, 0.25) is 0 Å². The van der Waals surface area contributed by atoms with Gasteiger partial charge in [0, 0.05) is 15.8 Å². The predicted molar refractivity (Wildman–Crippen MR) is 81.6 cm³/mol. The Labute approximate surface area is 119 Å². The van der Waals surface area contributed by atoms with Crippen molar-refractivity contribution < 1.29 is 4.79 Å². The molecular formula is C15H22N2OS. The lowest BCUT2D eigenvalue weighted by Crippen LogP contribution is -2.22. The largest absolute Gasteiger partial charge is 0.325 e. The lowest BCUT2D eigenvalue weighted by molar-refractivity contribution is -0.114. The second-order valence-corrected chi connectivity index (χ2v) is 6.48. The first-order chi connectivity index (χ1) is 9.19. The maximum Gasteiger partial charge on any atom is 0.238 e. The van der Waals surface area contributed by atoms with Crippen molar-refractivity contribution in [2.75, 3.05) is 11.9 Å². The van der Waals surface area contributed by atoms with Crippen LogP contribution in [0.1, 0.15) is 37.7 Å². The Kier molecular flexibility index (Phi) is 5.28. The van der Waals surface area contributed by atoms with Gasteiger partial charge in [0.05, 0.1) is 6.54 Å². The fourth-order valence-electron chi connectivity index (χ4n) is 2.43. The van der Waals surface area contributed by atoms with Gasteiger partial charge in [-0.05, 0) is 43.5 Å². The molecule has 1 aromatic carbocycles. The highest BCUT2D eigenvalue weighted by Gasteiger charge is 2.15. The third-order valence-electron chi connectivity index (χ3n) is 3.51. The summed E-state index contributed by atoms with van der Waals surface area (Å²) in [5, 5.41) is 3.58. The first-order valence-corrected chi connectivity index (χ1v) is 7.84. The molecule has 2 rings (SSSR count). The maximum absolute atomic E-state index is 11.3. The van der Waals surface area contributed by atoms with E-state index in [9.17, 15) is 4.79 Å². The van der Waals surface area contributed by atoms with E-state index in [4.69, 9.17) is 5.73 Å². The third kappa shape index (κ3) is 4.25. The van der Waals surface area contributed by atoms with Gasteiger partial charge in [0.2, 0.25) is 5.91 Å². The molecule has 0 unspecified atom stereocenters. The predicted octanol–water partition coefficient (Wildman–Crippen LogP) is 3.32. The van der Waals surface area contributed by atoms with Gasteiger partial charge in [-0.25, -0.2) is 0 Å². The van der Waals surface area contributed by atoms with Crippen molar-refractivity contribution in [3.63, 3.8) is 0 Å². The van der Waals surface area contributed by atoms with Crippen LogP contribution < -0.4 is 11.1 Å². The second kappa shape index (κ2) is 6.96. The van der Waals surface area contributed by atoms with Crippen LogP contribution in [-0.4, -0.2) is 17.7 Å². The number of carbonyl (C=O) groups is 1. The number of hydrogen-bond donors (Lipinski definition) is 2. The molecule has 3 nitrogen and oxygen atoms in total. The number of thioether (sulfide) groups is 1. The highest BCUT2D eigenvalue weighted by Crippen LogP contribution is 2.34. The Morgan fingerprint density at radius 3 is 2.74 bits per heavy atom. The summed E-state index contributed by atoms with van der Waals surface area (Å²) in [6.07, 6.45) is 6.77. The molecule has 0 aromatic heterocycles. The van der Waals surface area contributed by atoms with Crippen molar-refractivity contribution in [2.24, 2.45) is 5.73 Å². The number of aryl methyl sites for hydroxylation is 1. The van der Waals surface area contributed by atoms with E-state index in [2.05, 4.69) is 17.4 Å². The van der Waals surface area contributed by atoms with E-state index in [-0.39, 0.29) is 12.5 Å². The first-order valence-electron chi connectivity index (χ1n) is 6.96. The van der Waals surface area contributed by atoms with Crippen LogP contribution in [0.5, 0.6) is 0 Å². The number of nitrogens with two attached hydrogens (primary N) is 1. The quantitative estimate of drug-likeness (QED) is 0.888. The second-order valence-electron chi connectivity index (χ2n) is 5.11. The van der Waals surface area contributed by atoms with Crippen molar-refractivity contribution in [3.05, 3.63) is 23.8 Å². The van der Waals surface area contributed by atoms with Crippen LogP contribution in [0.4, 0.5) is 5.69 Å². The van der Waals surface area contributed by atoms with Crippen molar-refractivity contribution in [1.29, 1.82) is 0 Å². The molecule has 0 spiro atoms. The van der Waals surface area contributed by atoms with Gasteiger partial charge in [-0.15, -0.1) is 11.8 Å². The zero-order valence-corrected chi connectivity index (χ0v) is 12.3. The van der Waals surface area contributed by atoms with Crippen molar-refractivity contribution >= 4 is 23.4 Å². The molecule has 1 amide bonds. The minimum Gasteiger partial charge on any atom is -0.325 e. The SMILES string of the molecule is Cc1cc(SC2CCCCC2)ccc1NC(=O)CN. The monoisotopic (exact) mass is 278 g/mol. The highest BCUT2D eigenvalue weighted by atomic mass is 32.2. The van der Waals surface area contributed by atoms with Crippen molar-refractivity contribution in [3.8, 4) is 0 Å². The van der Waals surface area contributed by atoms with E-state index in [1.807, 2.05) is 24.8 Å². The molecule has 104 valence electrons. The molecule has 0 saturated heterocycles. The molecular weight excluding hydrogens is 256 g/mol. The molecule has 1 saturated carbocycles. The summed E-state index contributed by atoms with van der Waals surface area (Å²) < 4.78 is 0. The van der Waals surface area contributed by atoms with Gasteiger partial charge in [-0.3, -0.25) is 4.79 Å². The van der Waals surface area contributed by atoms with Gasteiger partial charge in [0.15, 0.2) is 0 Å². The maximum atomic E-state index is 11.3. The lowest BCUT2D eigenvalue weighted by Gasteiger charge is -2.21. The number of amides is 1. The van der Waals surface area contributed by atoms with E-state index in [1.165, 1.54) is 37.0 Å². The fraction of sp³-hybridized carbons (Fsp3) is 0.533. The van der Waals surface area contributed by atoms with Crippen molar-refractivity contribution in [2.45, 2.75) is 49.2 Å². The van der Waals surface area contributed by atoms with E-state index >= 15 is 0 Å². The number of anilines is 1. The smallest absolute Gasteiger partial charge is 0.238 e. The Hall–Kier alpha value is -1.00. The standard InChI is InChI=1S/C15H22N2OS/c1-11-9-13(19-12-5-3-2-4-6-12)7-8-14(11)17-15(18)10-16/h7-9,12H,2-6,10,16H2,1H3,(H,17,18). The molecule has 0 atom stereocenters. The third-order valence-corrected chi connectivity index (χ3v) is 4.84. The fourth-order valence-corrected chi connectivity index (χ4v) is 3.77. The Bertz CT molecular complexity index is 442. The van der Waals surface area contributed by atoms with Gasteiger partial charge in [0.1, 0.15) is 0 Å². The Balaban J connectivity index is 1.99. The number of rotatable bonds is 4. The van der Waals surface area contributed by atoms with Gasteiger partial charge in [-0.1, -0.05) is 19.3 Å². The van der Waals surface area contributed by atoms with Crippen LogP contribution in [0.25, 0.3) is 0 Å². The van der Waals surface area contributed by atoms with Gasteiger partial charge < -0.3 is 11.1 Å². The topological polar surface area (TPSA) is 55.1 Å². The molecule has 1 aliphatic rings. The lowest BCUT2D eigenvalue weighted by atomic mass is 10.0. The molecule has 1 fully saturated rings. The van der Waals surface area contributed by atoms with Gasteiger partial charge >= 0.3 is 0 Å². The summed E-state index contributed by atoms with van der Waals surface area (Å²) in [5.74, 6) is -0.143. The van der Waals surface area contributed by atoms with E-state index in [0.717, 1.165) is 16.5 Å². The van der Waals surface area contributed by atoms with E-state index < -0.39 is 0 Å². The van der Waals surface area contributed by atoms with Crippen molar-refractivity contribution in [1.82, 2.24) is 0 Å². The Morgan fingerprint density at radius 2 is 2.11 bits per heavy atom. The zero-order valence-electron chi connectivity index (χ0n) is 11.4. The first kappa shape index (κ1) is 14.4. The summed E-state index contributed by atoms with van der Waals surface area (Å²) in [6, 6.07) is 6.23. The average Bonchev–Trinajstić information content (AvgIpc) is 2.43. The van der Waals surface area contributed by atoms with E-state index in [0.29, 0.717) is 0 Å². The van der Waals surface area contributed by atoms with Crippen LogP contribution in [-0.2, 0) is 4.79 Å². The molecule has 19 heavy (non-hydrogen) atoms. The van der Waals surface area contributed by atoms with Crippen LogP contribution in [0, 0.1) is 6.92 Å². The normalized spacial score (nSPS) is 16.3. The molecule has 1 aliphatic carbocycles. The number of benzene rings is 1. The summed E-state index contributed by atoms with van der Waals surface area (Å²) >= 11 is 1.97. The van der Waals surface area contributed by atoms with E-state index in [1.54, 1.807) is 0 Å². The molecule has 0 radical (unpaired) electrons. The molecule has 4 heteroatoms. The minimum atomic E-state index is -0.143. The summed E-state index contributed by atoms with van der Waals surface area (Å²) in [7, 11) is 0. The number of carbonyl (C=O) groups excluding carboxylic acids is 1. The molecule has 3 N–H and O–H groups in total.